The monoisotopic (exact) mass is 222 g/mol. The minimum absolute atomic E-state index is 0.124. The van der Waals surface area contributed by atoms with Crippen molar-refractivity contribution in [3.63, 3.8) is 0 Å². The predicted molar refractivity (Wildman–Crippen MR) is 71.7 cm³/mol. The van der Waals surface area contributed by atoms with Gasteiger partial charge in [-0.1, -0.05) is 44.2 Å². The van der Waals surface area contributed by atoms with Crippen molar-refractivity contribution in [1.82, 2.24) is 4.98 Å². The van der Waals surface area contributed by atoms with Crippen LogP contribution < -0.4 is 0 Å². The third kappa shape index (κ3) is 1.68. The molecule has 0 fully saturated rings. The summed E-state index contributed by atoms with van der Waals surface area (Å²) in [7, 11) is 0. The molecule has 1 nitrogen and oxygen atoms in total. The first-order valence-corrected chi connectivity index (χ1v) is 5.83. The summed E-state index contributed by atoms with van der Waals surface area (Å²) in [5.74, 6) is 0. The summed E-state index contributed by atoms with van der Waals surface area (Å²) in [4.78, 5) is 4.33. The number of benzene rings is 1. The van der Waals surface area contributed by atoms with Crippen LogP contribution in [0.15, 0.2) is 48.6 Å². The number of rotatable bonds is 1. The summed E-state index contributed by atoms with van der Waals surface area (Å²) >= 11 is 0. The highest BCUT2D eigenvalue weighted by molar-refractivity contribution is 5.71. The maximum atomic E-state index is 7.65. The molecule has 0 amide bonds. The zero-order chi connectivity index (χ0) is 12.8. The summed E-state index contributed by atoms with van der Waals surface area (Å²) in [6.07, 6.45) is 6.09. The van der Waals surface area contributed by atoms with Crippen LogP contribution >= 0.6 is 0 Å². The normalized spacial score (nSPS) is 16.7. The van der Waals surface area contributed by atoms with Gasteiger partial charge in [0.1, 0.15) is 0 Å². The Bertz CT molecular complexity index is 641. The third-order valence-corrected chi connectivity index (χ3v) is 3.33. The Morgan fingerprint density at radius 3 is 2.94 bits per heavy atom. The fraction of sp³-hybridized carbons (Fsp3) is 0.188. The molecule has 2 aromatic rings. The van der Waals surface area contributed by atoms with Crippen LogP contribution in [-0.4, -0.2) is 4.98 Å². The lowest BCUT2D eigenvalue weighted by Gasteiger charge is -2.18. The van der Waals surface area contributed by atoms with Crippen molar-refractivity contribution in [3.05, 3.63) is 59.8 Å². The molecule has 0 atom stereocenters. The molecule has 0 saturated heterocycles. The van der Waals surface area contributed by atoms with Crippen LogP contribution in [0.2, 0.25) is 0 Å². The first kappa shape index (κ1) is 9.17. The average molecular weight is 222 g/mol. The Kier molecular flexibility index (Phi) is 1.92. The van der Waals surface area contributed by atoms with E-state index in [1.165, 1.54) is 11.1 Å². The lowest BCUT2D eigenvalue weighted by molar-refractivity contribution is 0.683. The zero-order valence-corrected chi connectivity index (χ0v) is 10.1. The molecule has 84 valence electrons. The number of aromatic nitrogens is 1. The molecule has 0 aliphatic heterocycles. The number of pyridine rings is 1. The van der Waals surface area contributed by atoms with E-state index >= 15 is 0 Å². The molecule has 1 aliphatic carbocycles. The van der Waals surface area contributed by atoms with Crippen LogP contribution in [0.25, 0.3) is 17.3 Å². The summed E-state index contributed by atoms with van der Waals surface area (Å²) < 4.78 is 7.65. The summed E-state index contributed by atoms with van der Waals surface area (Å²) in [5.41, 5.74) is 4.68. The van der Waals surface area contributed by atoms with E-state index in [0.717, 1.165) is 11.3 Å². The van der Waals surface area contributed by atoms with E-state index in [9.17, 15) is 0 Å². The van der Waals surface area contributed by atoms with Gasteiger partial charge in [-0.25, -0.2) is 0 Å². The second-order valence-electron chi connectivity index (χ2n) is 5.00. The number of fused-ring (bicyclic) bond motifs is 1. The molecule has 0 unspecified atom stereocenters. The molecular weight excluding hydrogens is 206 g/mol. The topological polar surface area (TPSA) is 12.9 Å². The van der Waals surface area contributed by atoms with Gasteiger partial charge in [0.25, 0.3) is 0 Å². The standard InChI is InChI=1S/C16H15N/c1-16(2)9-8-12-11-13(6-7-14(12)16)15-5-3-4-10-17-15/h3-11H,1-2H3/i3D. The van der Waals surface area contributed by atoms with Gasteiger partial charge < -0.3 is 0 Å². The van der Waals surface area contributed by atoms with Gasteiger partial charge in [0, 0.05) is 17.2 Å². The molecule has 0 saturated carbocycles. The fourth-order valence-electron chi connectivity index (χ4n) is 2.32. The molecule has 1 aromatic heterocycles. The number of hydrogen-bond acceptors (Lipinski definition) is 1. The first-order valence-electron chi connectivity index (χ1n) is 6.33. The lowest BCUT2D eigenvalue weighted by Crippen LogP contribution is -2.10. The molecule has 0 bridgehead atoms. The van der Waals surface area contributed by atoms with Crippen molar-refractivity contribution in [2.75, 3.05) is 0 Å². The molecule has 0 N–H and O–H groups in total. The van der Waals surface area contributed by atoms with Gasteiger partial charge in [0.2, 0.25) is 0 Å². The Balaban J connectivity index is 2.10. The third-order valence-electron chi connectivity index (χ3n) is 3.33. The highest BCUT2D eigenvalue weighted by Gasteiger charge is 2.24. The van der Waals surface area contributed by atoms with E-state index in [2.05, 4.69) is 49.2 Å². The van der Waals surface area contributed by atoms with Crippen LogP contribution in [0.1, 0.15) is 26.3 Å². The summed E-state index contributed by atoms with van der Waals surface area (Å²) in [6, 6.07) is 10.4. The first-order chi connectivity index (χ1) is 8.56. The molecule has 1 aromatic carbocycles. The number of nitrogens with zero attached hydrogens (tertiary/aromatic N) is 1. The Morgan fingerprint density at radius 2 is 2.12 bits per heavy atom. The van der Waals surface area contributed by atoms with E-state index in [-0.39, 0.29) is 5.41 Å². The fourth-order valence-corrected chi connectivity index (χ4v) is 2.32. The van der Waals surface area contributed by atoms with Crippen LogP contribution in [0.5, 0.6) is 0 Å². The molecule has 1 heterocycles. The van der Waals surface area contributed by atoms with Gasteiger partial charge in [-0.15, -0.1) is 0 Å². The molecule has 1 aliphatic rings. The van der Waals surface area contributed by atoms with Crippen LogP contribution in [0.3, 0.4) is 0 Å². The molecule has 3 rings (SSSR count). The molecule has 17 heavy (non-hydrogen) atoms. The van der Waals surface area contributed by atoms with Crippen LogP contribution in [0, 0.1) is 0 Å². The highest BCUT2D eigenvalue weighted by Crippen LogP contribution is 2.36. The van der Waals surface area contributed by atoms with E-state index in [1.54, 1.807) is 18.3 Å². The maximum absolute atomic E-state index is 7.65. The quantitative estimate of drug-likeness (QED) is 0.709. The van der Waals surface area contributed by atoms with E-state index in [1.807, 2.05) is 0 Å². The lowest BCUT2D eigenvalue weighted by atomic mass is 9.86. The maximum Gasteiger partial charge on any atom is 0.0702 e. The van der Waals surface area contributed by atoms with Gasteiger partial charge in [0.05, 0.1) is 7.06 Å². The number of allylic oxidation sites excluding steroid dienone is 1. The van der Waals surface area contributed by atoms with Gasteiger partial charge >= 0.3 is 0 Å². The van der Waals surface area contributed by atoms with Gasteiger partial charge in [-0.05, 0) is 29.3 Å². The SMILES string of the molecule is [2H]c1ccnc(-c2ccc3c(c2)C=CC3(C)C)c1. The Hall–Kier alpha value is -1.89. The Labute approximate surface area is 103 Å². The average Bonchev–Trinajstić information content (AvgIpc) is 2.65. The van der Waals surface area contributed by atoms with Crippen LogP contribution in [0.4, 0.5) is 0 Å². The number of hydrogen-bond donors (Lipinski definition) is 0. The van der Waals surface area contributed by atoms with Gasteiger partial charge in [0.15, 0.2) is 0 Å². The predicted octanol–water partition coefficient (Wildman–Crippen LogP) is 4.05. The van der Waals surface area contributed by atoms with Crippen molar-refractivity contribution in [3.8, 4) is 11.3 Å². The van der Waals surface area contributed by atoms with Gasteiger partial charge in [-0.2, -0.15) is 0 Å². The largest absolute Gasteiger partial charge is 0.256 e. The van der Waals surface area contributed by atoms with Crippen molar-refractivity contribution < 1.29 is 1.37 Å². The molecular formula is C16H15N. The molecule has 0 radical (unpaired) electrons. The van der Waals surface area contributed by atoms with E-state index < -0.39 is 0 Å². The van der Waals surface area contributed by atoms with E-state index in [4.69, 9.17) is 1.37 Å². The van der Waals surface area contributed by atoms with E-state index in [0.29, 0.717) is 6.04 Å². The molecule has 0 spiro atoms. The van der Waals surface area contributed by atoms with Crippen molar-refractivity contribution in [2.24, 2.45) is 0 Å². The summed E-state index contributed by atoms with van der Waals surface area (Å²) in [5, 5.41) is 0. The minimum Gasteiger partial charge on any atom is -0.256 e. The van der Waals surface area contributed by atoms with Crippen molar-refractivity contribution >= 4 is 6.08 Å². The van der Waals surface area contributed by atoms with Crippen LogP contribution in [-0.2, 0) is 5.41 Å². The van der Waals surface area contributed by atoms with Crippen molar-refractivity contribution in [1.29, 1.82) is 0 Å². The Morgan fingerprint density at radius 1 is 1.24 bits per heavy atom. The van der Waals surface area contributed by atoms with Gasteiger partial charge in [-0.3, -0.25) is 4.98 Å². The van der Waals surface area contributed by atoms with Crippen molar-refractivity contribution in [2.45, 2.75) is 19.3 Å². The second kappa shape index (κ2) is 3.56. The second-order valence-corrected chi connectivity index (χ2v) is 5.00. The molecule has 1 heteroatoms. The summed E-state index contributed by atoms with van der Waals surface area (Å²) in [6.45, 7) is 4.44. The highest BCUT2D eigenvalue weighted by atomic mass is 14.7. The zero-order valence-electron chi connectivity index (χ0n) is 11.1. The smallest absolute Gasteiger partial charge is 0.0702 e. The minimum atomic E-state index is 0.124.